The molecule has 1 nitrogen and oxygen atoms in total. The Hall–Kier alpha value is -1.18. The minimum Gasteiger partial charge on any atom is -0.299 e. The zero-order valence-corrected chi connectivity index (χ0v) is 6.01. The Balaban J connectivity index is 2.79. The highest BCUT2D eigenvalue weighted by Crippen LogP contribution is 2.03. The molecule has 0 amide bonds. The lowest BCUT2D eigenvalue weighted by molar-refractivity contribution is -0.114. The molecule has 0 bridgehead atoms. The third-order valence-electron chi connectivity index (χ3n) is 1.29. The summed E-state index contributed by atoms with van der Waals surface area (Å²) in [5.74, 6) is -0.514. The van der Waals surface area contributed by atoms with Crippen molar-refractivity contribution in [3.05, 3.63) is 42.6 Å². The zero-order chi connectivity index (χ0) is 8.27. The summed E-state index contributed by atoms with van der Waals surface area (Å²) in [5.41, 5.74) is 0.671. The summed E-state index contributed by atoms with van der Waals surface area (Å²) in [4.78, 5) is 10.5. The summed E-state index contributed by atoms with van der Waals surface area (Å²) in [6, 6.07) is 5.96. The average Bonchev–Trinajstić information content (AvgIpc) is 1.85. The molecule has 0 saturated carbocycles. The van der Waals surface area contributed by atoms with Crippen molar-refractivity contribution in [2.75, 3.05) is 0 Å². The van der Waals surface area contributed by atoms with Gasteiger partial charge in [0, 0.05) is 13.3 Å². The van der Waals surface area contributed by atoms with Crippen molar-refractivity contribution in [2.45, 2.75) is 6.42 Å². The van der Waals surface area contributed by atoms with Crippen LogP contribution in [0.2, 0.25) is 0 Å². The van der Waals surface area contributed by atoms with E-state index in [-0.39, 0.29) is 18.0 Å². The van der Waals surface area contributed by atoms with Gasteiger partial charge in [-0.25, -0.2) is 4.39 Å². The molecule has 1 radical (unpaired) electrons. The highest BCUT2D eigenvalue weighted by atomic mass is 19.1. The Morgan fingerprint density at radius 2 is 2.27 bits per heavy atom. The predicted octanol–water partition coefficient (Wildman–Crippen LogP) is 1.77. The molecule has 0 saturated heterocycles. The highest BCUT2D eigenvalue weighted by molar-refractivity contribution is 5.84. The minimum absolute atomic E-state index is 0.199. The van der Waals surface area contributed by atoms with Gasteiger partial charge in [-0.2, -0.15) is 0 Å². The van der Waals surface area contributed by atoms with Crippen molar-refractivity contribution in [3.63, 3.8) is 0 Å². The quantitative estimate of drug-likeness (QED) is 0.629. The molecule has 0 aliphatic carbocycles. The van der Waals surface area contributed by atoms with Gasteiger partial charge in [0.05, 0.1) is 0 Å². The number of carbonyl (C=O) groups excluding carboxylic acids is 1. The molecule has 0 heterocycles. The Kier molecular flexibility index (Phi) is 2.36. The zero-order valence-electron chi connectivity index (χ0n) is 6.01. The van der Waals surface area contributed by atoms with Crippen LogP contribution in [-0.4, -0.2) is 5.78 Å². The second kappa shape index (κ2) is 3.28. The van der Waals surface area contributed by atoms with Crippen molar-refractivity contribution in [3.8, 4) is 0 Å². The molecule has 11 heavy (non-hydrogen) atoms. The summed E-state index contributed by atoms with van der Waals surface area (Å²) >= 11 is 0. The van der Waals surface area contributed by atoms with Crippen LogP contribution in [0, 0.1) is 12.7 Å². The first-order valence-corrected chi connectivity index (χ1v) is 3.28. The van der Waals surface area contributed by atoms with Crippen molar-refractivity contribution in [1.82, 2.24) is 0 Å². The maximum atomic E-state index is 12.5. The van der Waals surface area contributed by atoms with Gasteiger partial charge in [-0.15, -0.1) is 0 Å². The molecule has 0 N–H and O–H groups in total. The van der Waals surface area contributed by atoms with Gasteiger partial charge >= 0.3 is 0 Å². The van der Waals surface area contributed by atoms with Crippen LogP contribution in [0.4, 0.5) is 4.39 Å². The fourth-order valence-electron chi connectivity index (χ4n) is 0.875. The molecule has 2 heteroatoms. The van der Waals surface area contributed by atoms with E-state index in [0.29, 0.717) is 5.56 Å². The number of rotatable bonds is 2. The maximum Gasteiger partial charge on any atom is 0.137 e. The Labute approximate surface area is 64.9 Å². The second-order valence-corrected chi connectivity index (χ2v) is 2.35. The van der Waals surface area contributed by atoms with E-state index in [9.17, 15) is 9.18 Å². The van der Waals surface area contributed by atoms with Crippen molar-refractivity contribution < 1.29 is 9.18 Å². The molecular formula is C9H8FO. The Morgan fingerprint density at radius 1 is 1.55 bits per heavy atom. The van der Waals surface area contributed by atoms with E-state index in [2.05, 4.69) is 6.92 Å². The topological polar surface area (TPSA) is 17.1 Å². The fraction of sp³-hybridized carbons (Fsp3) is 0.111. The first-order chi connectivity index (χ1) is 5.18. The van der Waals surface area contributed by atoms with E-state index in [1.54, 1.807) is 12.1 Å². The van der Waals surface area contributed by atoms with Crippen LogP contribution >= 0.6 is 0 Å². The molecule has 0 fully saturated rings. The average molecular weight is 151 g/mol. The second-order valence-electron chi connectivity index (χ2n) is 2.35. The van der Waals surface area contributed by atoms with Crippen LogP contribution in [0.1, 0.15) is 5.56 Å². The van der Waals surface area contributed by atoms with Gasteiger partial charge in [0.25, 0.3) is 0 Å². The number of carbonyl (C=O) groups is 1. The van der Waals surface area contributed by atoms with Crippen LogP contribution in [0.25, 0.3) is 0 Å². The number of halogens is 1. The van der Waals surface area contributed by atoms with Crippen molar-refractivity contribution >= 4 is 5.78 Å². The number of hydrogen-bond acceptors (Lipinski definition) is 1. The monoisotopic (exact) mass is 151 g/mol. The lowest BCUT2D eigenvalue weighted by Gasteiger charge is -1.95. The molecule has 0 spiro atoms. The molecule has 0 unspecified atom stereocenters. The third kappa shape index (κ3) is 2.50. The van der Waals surface area contributed by atoms with Crippen LogP contribution in [0.15, 0.2) is 24.3 Å². The fourth-order valence-corrected chi connectivity index (χ4v) is 0.875. The summed E-state index contributed by atoms with van der Waals surface area (Å²) < 4.78 is 12.5. The van der Waals surface area contributed by atoms with Crippen LogP contribution in [-0.2, 0) is 11.2 Å². The van der Waals surface area contributed by atoms with Crippen LogP contribution in [0.5, 0.6) is 0 Å². The predicted molar refractivity (Wildman–Crippen MR) is 40.5 cm³/mol. The molecule has 0 atom stereocenters. The lowest BCUT2D eigenvalue weighted by Crippen LogP contribution is -1.96. The van der Waals surface area contributed by atoms with Crippen LogP contribution < -0.4 is 0 Å². The molecule has 1 aromatic rings. The first-order valence-electron chi connectivity index (χ1n) is 3.28. The van der Waals surface area contributed by atoms with Gasteiger partial charge in [-0.3, -0.25) is 4.79 Å². The van der Waals surface area contributed by atoms with Crippen LogP contribution in [0.3, 0.4) is 0 Å². The molecule has 0 aliphatic rings. The molecule has 57 valence electrons. The Morgan fingerprint density at radius 3 is 2.82 bits per heavy atom. The van der Waals surface area contributed by atoms with Gasteiger partial charge in [-0.1, -0.05) is 12.1 Å². The van der Waals surface area contributed by atoms with E-state index in [1.807, 2.05) is 0 Å². The van der Waals surface area contributed by atoms with Gasteiger partial charge in [0.2, 0.25) is 0 Å². The van der Waals surface area contributed by atoms with Gasteiger partial charge in [0.15, 0.2) is 0 Å². The Bertz CT molecular complexity index is 268. The summed E-state index contributed by atoms with van der Waals surface area (Å²) in [6.07, 6.45) is 0.206. The van der Waals surface area contributed by atoms with E-state index in [0.717, 1.165) is 0 Å². The van der Waals surface area contributed by atoms with E-state index < -0.39 is 0 Å². The molecule has 0 aliphatic heterocycles. The molecule has 1 aromatic carbocycles. The van der Waals surface area contributed by atoms with E-state index in [4.69, 9.17) is 0 Å². The summed E-state index contributed by atoms with van der Waals surface area (Å²) in [6.45, 7) is 3.20. The molecule has 1 rings (SSSR count). The molecule has 0 aromatic heterocycles. The third-order valence-corrected chi connectivity index (χ3v) is 1.29. The van der Waals surface area contributed by atoms with Gasteiger partial charge < -0.3 is 0 Å². The number of ketones is 1. The summed E-state index contributed by atoms with van der Waals surface area (Å²) in [5, 5.41) is 0. The van der Waals surface area contributed by atoms with E-state index in [1.165, 1.54) is 12.1 Å². The van der Waals surface area contributed by atoms with Gasteiger partial charge in [-0.05, 0) is 17.7 Å². The number of Topliss-reactive ketones (excluding diaryl/α,β-unsaturated/α-hetero) is 1. The van der Waals surface area contributed by atoms with Crippen molar-refractivity contribution in [2.24, 2.45) is 0 Å². The number of benzene rings is 1. The standard InChI is InChI=1S/C9H8FO/c1-7(11)5-8-3-2-4-9(10)6-8/h2-4,6H,1,5H2. The normalized spacial score (nSPS) is 9.64. The van der Waals surface area contributed by atoms with Gasteiger partial charge in [0.1, 0.15) is 11.6 Å². The minimum atomic E-state index is -0.316. The van der Waals surface area contributed by atoms with Crippen molar-refractivity contribution in [1.29, 1.82) is 0 Å². The van der Waals surface area contributed by atoms with E-state index >= 15 is 0 Å². The highest BCUT2D eigenvalue weighted by Gasteiger charge is 1.97. The first kappa shape index (κ1) is 7.92. The number of hydrogen-bond donors (Lipinski definition) is 0. The maximum absolute atomic E-state index is 12.5. The SMILES string of the molecule is [CH2]C(=O)Cc1cccc(F)c1. The largest absolute Gasteiger partial charge is 0.299 e. The lowest BCUT2D eigenvalue weighted by atomic mass is 10.1. The smallest absolute Gasteiger partial charge is 0.137 e. The summed E-state index contributed by atoms with van der Waals surface area (Å²) in [7, 11) is 0. The molecular weight excluding hydrogens is 143 g/mol.